The van der Waals surface area contributed by atoms with E-state index < -0.39 is 5.54 Å². The van der Waals surface area contributed by atoms with E-state index in [0.29, 0.717) is 19.3 Å². The van der Waals surface area contributed by atoms with Crippen LogP contribution in [0.15, 0.2) is 12.1 Å². The van der Waals surface area contributed by atoms with E-state index in [2.05, 4.69) is 0 Å². The first-order chi connectivity index (χ1) is 9.05. The van der Waals surface area contributed by atoms with Crippen molar-refractivity contribution in [3.63, 3.8) is 0 Å². The largest absolute Gasteiger partial charge is 0.496 e. The molecule has 0 heterocycles. The number of fused-ring (bicyclic) bond motifs is 1. The minimum Gasteiger partial charge on any atom is -0.496 e. The third-order valence-corrected chi connectivity index (χ3v) is 3.69. The maximum atomic E-state index is 11.8. The van der Waals surface area contributed by atoms with Gasteiger partial charge in [0.15, 0.2) is 0 Å². The van der Waals surface area contributed by atoms with Gasteiger partial charge in [0.05, 0.1) is 21.3 Å². The van der Waals surface area contributed by atoms with Crippen LogP contribution in [0.1, 0.15) is 17.5 Å². The lowest BCUT2D eigenvalue weighted by molar-refractivity contribution is -0.147. The van der Waals surface area contributed by atoms with Crippen LogP contribution >= 0.6 is 0 Å². The predicted octanol–water partition coefficient (Wildman–Crippen LogP) is 1.06. The molecule has 1 atom stereocenters. The summed E-state index contributed by atoms with van der Waals surface area (Å²) < 4.78 is 15.5. The zero-order valence-corrected chi connectivity index (χ0v) is 11.5. The van der Waals surface area contributed by atoms with Crippen LogP contribution in [0.25, 0.3) is 0 Å². The second kappa shape index (κ2) is 5.09. The molecule has 5 heteroatoms. The summed E-state index contributed by atoms with van der Waals surface area (Å²) >= 11 is 0. The summed E-state index contributed by atoms with van der Waals surface area (Å²) in [5, 5.41) is 0. The molecule has 0 fully saturated rings. The summed E-state index contributed by atoms with van der Waals surface area (Å²) in [7, 11) is 4.59. The molecule has 2 N–H and O–H groups in total. The van der Waals surface area contributed by atoms with Crippen molar-refractivity contribution >= 4 is 5.97 Å². The topological polar surface area (TPSA) is 70.8 Å². The first kappa shape index (κ1) is 13.7. The molecule has 0 amide bonds. The maximum absolute atomic E-state index is 11.8. The van der Waals surface area contributed by atoms with Crippen LogP contribution in [0, 0.1) is 0 Å². The first-order valence-electron chi connectivity index (χ1n) is 6.15. The van der Waals surface area contributed by atoms with Crippen LogP contribution < -0.4 is 15.2 Å². The van der Waals surface area contributed by atoms with Gasteiger partial charge < -0.3 is 19.9 Å². The lowest BCUT2D eigenvalue weighted by Gasteiger charge is -2.33. The second-order valence-electron chi connectivity index (χ2n) is 4.75. The number of carbonyl (C=O) groups excluding carboxylic acids is 1. The SMILES string of the molecule is COC(=O)[C@@]1(N)CCc2c(OC)ccc(OC)c2[13CH2]1. The Labute approximate surface area is 112 Å². The van der Waals surface area contributed by atoms with Crippen molar-refractivity contribution in [1.82, 2.24) is 0 Å². The molecule has 0 bridgehead atoms. The molecular weight excluding hydrogens is 247 g/mol. The van der Waals surface area contributed by atoms with Crippen molar-refractivity contribution in [3.8, 4) is 11.5 Å². The number of benzene rings is 1. The molecule has 1 aliphatic carbocycles. The van der Waals surface area contributed by atoms with E-state index >= 15 is 0 Å². The molecule has 104 valence electrons. The third-order valence-electron chi connectivity index (χ3n) is 3.69. The van der Waals surface area contributed by atoms with Gasteiger partial charge in [-0.25, -0.2) is 0 Å². The van der Waals surface area contributed by atoms with Crippen LogP contribution in [0.2, 0.25) is 0 Å². The Morgan fingerprint density at radius 1 is 1.16 bits per heavy atom. The Balaban J connectivity index is 2.46. The van der Waals surface area contributed by atoms with E-state index in [1.807, 2.05) is 12.1 Å². The van der Waals surface area contributed by atoms with Crippen LogP contribution in [0.5, 0.6) is 11.5 Å². The van der Waals surface area contributed by atoms with Crippen LogP contribution in [-0.4, -0.2) is 32.8 Å². The van der Waals surface area contributed by atoms with Gasteiger partial charge in [0, 0.05) is 17.5 Å². The Morgan fingerprint density at radius 3 is 2.26 bits per heavy atom. The quantitative estimate of drug-likeness (QED) is 0.654. The summed E-state index contributed by atoms with van der Waals surface area (Å²) in [6.45, 7) is 0. The normalized spacial score (nSPS) is 21.5. The predicted molar refractivity (Wildman–Crippen MR) is 70.5 cm³/mol. The lowest BCUT2D eigenvalue weighted by Crippen LogP contribution is -2.52. The molecule has 2 rings (SSSR count). The lowest BCUT2D eigenvalue weighted by atomic mass is 9.87. The number of hydrogen-bond acceptors (Lipinski definition) is 5. The minimum absolute atomic E-state index is 0.386. The van der Waals surface area contributed by atoms with Gasteiger partial charge >= 0.3 is 5.97 Å². The van der Waals surface area contributed by atoms with Crippen LogP contribution in [-0.2, 0) is 22.4 Å². The number of carbonyl (C=O) groups is 1. The number of methoxy groups -OCH3 is 3. The van der Waals surface area contributed by atoms with Crippen molar-refractivity contribution in [3.05, 3.63) is 23.3 Å². The summed E-state index contributed by atoms with van der Waals surface area (Å²) in [5.41, 5.74) is 7.18. The summed E-state index contributed by atoms with van der Waals surface area (Å²) in [6.07, 6.45) is 1.60. The molecule has 5 nitrogen and oxygen atoms in total. The molecular formula is C14H19NO4. The number of hydrogen-bond donors (Lipinski definition) is 1. The molecule has 1 aliphatic rings. The maximum Gasteiger partial charge on any atom is 0.326 e. The van der Waals surface area contributed by atoms with Crippen LogP contribution in [0.4, 0.5) is 0 Å². The van der Waals surface area contributed by atoms with Gasteiger partial charge in [0.2, 0.25) is 0 Å². The standard InChI is InChI=1S/C14H19NO4/c1-17-11-4-5-12(18-2)10-8-14(15,13(16)19-3)7-6-9(10)11/h4-5H,6-8,15H2,1-3H3/t14-/m1/s1/i8+1. The van der Waals surface area contributed by atoms with Crippen molar-refractivity contribution in [2.75, 3.05) is 21.3 Å². The molecule has 0 aromatic heterocycles. The highest BCUT2D eigenvalue weighted by atomic mass is 16.5. The van der Waals surface area contributed by atoms with Crippen LogP contribution in [0.3, 0.4) is 0 Å². The Hall–Kier alpha value is -1.75. The van der Waals surface area contributed by atoms with Crippen molar-refractivity contribution < 1.29 is 19.0 Å². The Kier molecular flexibility index (Phi) is 3.66. The fraction of sp³-hybridized carbons (Fsp3) is 0.500. The van der Waals surface area contributed by atoms with E-state index in [4.69, 9.17) is 19.9 Å². The van der Waals surface area contributed by atoms with Gasteiger partial charge in [-0.05, 0) is 25.0 Å². The average Bonchev–Trinajstić information content (AvgIpc) is 2.44. The van der Waals surface area contributed by atoms with Gasteiger partial charge in [-0.3, -0.25) is 4.79 Å². The average molecular weight is 266 g/mol. The highest BCUT2D eigenvalue weighted by Crippen LogP contribution is 2.38. The molecule has 19 heavy (non-hydrogen) atoms. The first-order valence-corrected chi connectivity index (χ1v) is 6.15. The molecule has 0 unspecified atom stereocenters. The zero-order chi connectivity index (χ0) is 14.0. The van der Waals surface area contributed by atoms with E-state index in [1.54, 1.807) is 14.2 Å². The monoisotopic (exact) mass is 266 g/mol. The smallest absolute Gasteiger partial charge is 0.326 e. The van der Waals surface area contributed by atoms with Crippen molar-refractivity contribution in [2.45, 2.75) is 24.8 Å². The molecule has 0 spiro atoms. The number of ether oxygens (including phenoxy) is 3. The Morgan fingerprint density at radius 2 is 1.74 bits per heavy atom. The summed E-state index contributed by atoms with van der Waals surface area (Å²) in [6, 6.07) is 3.71. The summed E-state index contributed by atoms with van der Waals surface area (Å²) in [4.78, 5) is 11.8. The number of nitrogens with two attached hydrogens (primary N) is 1. The zero-order valence-electron chi connectivity index (χ0n) is 11.5. The van der Waals surface area contributed by atoms with E-state index in [1.165, 1.54) is 7.11 Å². The van der Waals surface area contributed by atoms with Gasteiger partial charge in [-0.15, -0.1) is 0 Å². The molecule has 0 saturated heterocycles. The van der Waals surface area contributed by atoms with E-state index in [-0.39, 0.29) is 5.97 Å². The van der Waals surface area contributed by atoms with Gasteiger partial charge in [0.25, 0.3) is 0 Å². The fourth-order valence-electron chi connectivity index (χ4n) is 2.63. The van der Waals surface area contributed by atoms with Gasteiger partial charge in [0.1, 0.15) is 17.0 Å². The number of rotatable bonds is 3. The van der Waals surface area contributed by atoms with E-state index in [9.17, 15) is 4.79 Å². The van der Waals surface area contributed by atoms with Crippen molar-refractivity contribution in [1.29, 1.82) is 0 Å². The summed E-state index contributed by atoms with van der Waals surface area (Å²) in [5.74, 6) is 1.15. The molecule has 0 aliphatic heterocycles. The second-order valence-corrected chi connectivity index (χ2v) is 4.75. The fourth-order valence-corrected chi connectivity index (χ4v) is 2.63. The van der Waals surface area contributed by atoms with Gasteiger partial charge in [-0.1, -0.05) is 0 Å². The number of esters is 1. The Bertz CT molecular complexity index is 500. The van der Waals surface area contributed by atoms with Gasteiger partial charge in [-0.2, -0.15) is 0 Å². The minimum atomic E-state index is -0.985. The highest BCUT2D eigenvalue weighted by Gasteiger charge is 2.40. The van der Waals surface area contributed by atoms with Crippen molar-refractivity contribution in [2.24, 2.45) is 5.73 Å². The molecule has 0 radical (unpaired) electrons. The van der Waals surface area contributed by atoms with E-state index in [0.717, 1.165) is 22.6 Å². The third kappa shape index (κ3) is 2.26. The molecule has 0 saturated carbocycles. The molecule has 1 aromatic carbocycles. The molecule has 1 aromatic rings. The highest BCUT2D eigenvalue weighted by molar-refractivity contribution is 5.82.